The number of nitrogens with one attached hydrogen (secondary N) is 1. The molecule has 0 saturated carbocycles. The van der Waals surface area contributed by atoms with Gasteiger partial charge in [0.05, 0.1) is 0 Å². The van der Waals surface area contributed by atoms with Crippen LogP contribution in [0.3, 0.4) is 0 Å². The number of carbonyl (C=O) groups excluding carboxylic acids is 1. The fourth-order valence-electron chi connectivity index (χ4n) is 3.53. The Balaban J connectivity index is 1.43. The molecule has 0 unspecified atom stereocenters. The molecule has 4 rings (SSSR count). The van der Waals surface area contributed by atoms with Gasteiger partial charge in [0.2, 0.25) is 0 Å². The van der Waals surface area contributed by atoms with Crippen LogP contribution in [0.2, 0.25) is 0 Å². The number of nitrogens with zero attached hydrogens (tertiary/aromatic N) is 5. The van der Waals surface area contributed by atoms with Gasteiger partial charge >= 0.3 is 0 Å². The predicted octanol–water partition coefficient (Wildman–Crippen LogP) is 2.82. The van der Waals surface area contributed by atoms with Crippen LogP contribution >= 0.6 is 0 Å². The molecular formula is C21H26N6O. The summed E-state index contributed by atoms with van der Waals surface area (Å²) in [4.78, 5) is 14.6. The number of benzene rings is 1. The minimum Gasteiger partial charge on any atom is -0.355 e. The summed E-state index contributed by atoms with van der Waals surface area (Å²) in [7, 11) is 0. The second-order valence-electron chi connectivity index (χ2n) is 8.34. The molecular weight excluding hydrogens is 352 g/mol. The van der Waals surface area contributed by atoms with Crippen LogP contribution < -0.4 is 10.2 Å². The second kappa shape index (κ2) is 7.22. The van der Waals surface area contributed by atoms with E-state index in [4.69, 9.17) is 5.10 Å². The zero-order valence-corrected chi connectivity index (χ0v) is 16.6. The lowest BCUT2D eigenvalue weighted by Crippen LogP contribution is -2.45. The summed E-state index contributed by atoms with van der Waals surface area (Å²) < 4.78 is 1.85. The summed E-state index contributed by atoms with van der Waals surface area (Å²) in [6.45, 7) is 8.03. The molecule has 2 aromatic heterocycles. The third-order valence-electron chi connectivity index (χ3n) is 5.11. The van der Waals surface area contributed by atoms with E-state index in [1.54, 1.807) is 0 Å². The number of piperidine rings is 1. The molecule has 1 amide bonds. The van der Waals surface area contributed by atoms with E-state index in [9.17, 15) is 4.79 Å². The summed E-state index contributed by atoms with van der Waals surface area (Å²) in [6, 6.07) is 13.5. The van der Waals surface area contributed by atoms with Crippen LogP contribution in [0.5, 0.6) is 0 Å². The van der Waals surface area contributed by atoms with Gasteiger partial charge in [-0.25, -0.2) is 0 Å². The van der Waals surface area contributed by atoms with Gasteiger partial charge in [-0.05, 0) is 37.1 Å². The standard InChI is InChI=1S/C21H26N6O/c1-21(2,3)20-24-23-17-9-10-18(25-27(17)20)26-13-11-16(12-14-26)22-19(28)15-7-5-4-6-8-15/h4-10,16H,11-14H2,1-3H3,(H,22,28). The number of carbonyl (C=O) groups is 1. The Bertz CT molecular complexity index is 967. The summed E-state index contributed by atoms with van der Waals surface area (Å²) >= 11 is 0. The van der Waals surface area contributed by atoms with Crippen molar-refractivity contribution in [3.05, 3.63) is 53.9 Å². The van der Waals surface area contributed by atoms with Crippen LogP contribution in [-0.4, -0.2) is 44.8 Å². The van der Waals surface area contributed by atoms with Gasteiger partial charge in [0.25, 0.3) is 5.91 Å². The number of rotatable bonds is 3. The molecule has 1 aromatic carbocycles. The quantitative estimate of drug-likeness (QED) is 0.758. The summed E-state index contributed by atoms with van der Waals surface area (Å²) in [5.41, 5.74) is 1.35. The molecule has 3 aromatic rings. The largest absolute Gasteiger partial charge is 0.355 e. The van der Waals surface area contributed by atoms with Gasteiger partial charge in [0.1, 0.15) is 5.82 Å². The van der Waals surface area contributed by atoms with Crippen molar-refractivity contribution in [1.82, 2.24) is 25.1 Å². The van der Waals surface area contributed by atoms with E-state index >= 15 is 0 Å². The van der Waals surface area contributed by atoms with Gasteiger partial charge in [-0.3, -0.25) is 4.79 Å². The summed E-state index contributed by atoms with van der Waals surface area (Å²) in [5, 5.41) is 16.5. The van der Waals surface area contributed by atoms with Crippen molar-refractivity contribution in [3.63, 3.8) is 0 Å². The molecule has 3 heterocycles. The molecule has 0 bridgehead atoms. The highest BCUT2D eigenvalue weighted by Crippen LogP contribution is 2.23. The maximum atomic E-state index is 12.4. The lowest BCUT2D eigenvalue weighted by molar-refractivity contribution is 0.0931. The molecule has 1 N–H and O–H groups in total. The smallest absolute Gasteiger partial charge is 0.251 e. The normalized spacial score (nSPS) is 15.8. The highest BCUT2D eigenvalue weighted by Gasteiger charge is 2.25. The molecule has 1 saturated heterocycles. The van der Waals surface area contributed by atoms with Crippen molar-refractivity contribution in [2.45, 2.75) is 45.1 Å². The number of amides is 1. The zero-order chi connectivity index (χ0) is 19.7. The number of hydrogen-bond donors (Lipinski definition) is 1. The second-order valence-corrected chi connectivity index (χ2v) is 8.34. The lowest BCUT2D eigenvalue weighted by atomic mass is 9.96. The third kappa shape index (κ3) is 3.69. The Kier molecular flexibility index (Phi) is 4.75. The topological polar surface area (TPSA) is 75.4 Å². The van der Waals surface area contributed by atoms with Crippen LogP contribution in [0.1, 0.15) is 49.8 Å². The molecule has 146 valence electrons. The number of hydrogen-bond acceptors (Lipinski definition) is 5. The van der Waals surface area contributed by atoms with Gasteiger partial charge in [0.15, 0.2) is 11.5 Å². The first kappa shape index (κ1) is 18.4. The lowest BCUT2D eigenvalue weighted by Gasteiger charge is -2.33. The van der Waals surface area contributed by atoms with E-state index in [2.05, 4.69) is 41.2 Å². The first-order valence-corrected chi connectivity index (χ1v) is 9.75. The van der Waals surface area contributed by atoms with E-state index in [-0.39, 0.29) is 17.4 Å². The van der Waals surface area contributed by atoms with E-state index in [0.29, 0.717) is 5.56 Å². The molecule has 0 radical (unpaired) electrons. The molecule has 0 atom stereocenters. The van der Waals surface area contributed by atoms with E-state index in [1.165, 1.54) is 0 Å². The Morgan fingerprint density at radius 3 is 2.43 bits per heavy atom. The molecule has 7 heteroatoms. The first-order chi connectivity index (χ1) is 13.4. The van der Waals surface area contributed by atoms with Gasteiger partial charge in [-0.2, -0.15) is 4.52 Å². The summed E-state index contributed by atoms with van der Waals surface area (Å²) in [5.74, 6) is 1.78. The van der Waals surface area contributed by atoms with Crippen molar-refractivity contribution in [2.24, 2.45) is 0 Å². The third-order valence-corrected chi connectivity index (χ3v) is 5.11. The maximum absolute atomic E-state index is 12.4. The minimum atomic E-state index is -0.125. The van der Waals surface area contributed by atoms with Crippen molar-refractivity contribution in [1.29, 1.82) is 0 Å². The Morgan fingerprint density at radius 1 is 1.04 bits per heavy atom. The molecule has 1 fully saturated rings. The Morgan fingerprint density at radius 2 is 1.75 bits per heavy atom. The molecule has 1 aliphatic heterocycles. The summed E-state index contributed by atoms with van der Waals surface area (Å²) in [6.07, 6.45) is 1.79. The van der Waals surface area contributed by atoms with Crippen molar-refractivity contribution < 1.29 is 4.79 Å². The number of fused-ring (bicyclic) bond motifs is 1. The van der Waals surface area contributed by atoms with Crippen LogP contribution in [0.25, 0.3) is 5.65 Å². The minimum absolute atomic E-state index is 0.00194. The van der Waals surface area contributed by atoms with Crippen molar-refractivity contribution in [3.8, 4) is 0 Å². The zero-order valence-electron chi connectivity index (χ0n) is 16.6. The maximum Gasteiger partial charge on any atom is 0.251 e. The van der Waals surface area contributed by atoms with Gasteiger partial charge in [-0.15, -0.1) is 15.3 Å². The molecule has 7 nitrogen and oxygen atoms in total. The Labute approximate surface area is 164 Å². The van der Waals surface area contributed by atoms with E-state index in [1.807, 2.05) is 47.0 Å². The van der Waals surface area contributed by atoms with E-state index < -0.39 is 0 Å². The van der Waals surface area contributed by atoms with Crippen molar-refractivity contribution >= 4 is 17.4 Å². The van der Waals surface area contributed by atoms with Crippen molar-refractivity contribution in [2.75, 3.05) is 18.0 Å². The number of anilines is 1. The fraction of sp³-hybridized carbons (Fsp3) is 0.429. The van der Waals surface area contributed by atoms with Crippen LogP contribution in [0.4, 0.5) is 5.82 Å². The Hall–Kier alpha value is -2.96. The number of aromatic nitrogens is 4. The predicted molar refractivity (Wildman–Crippen MR) is 109 cm³/mol. The molecule has 0 spiro atoms. The van der Waals surface area contributed by atoms with Crippen LogP contribution in [0, 0.1) is 0 Å². The molecule has 0 aliphatic carbocycles. The molecule has 1 aliphatic rings. The average molecular weight is 378 g/mol. The molecule has 28 heavy (non-hydrogen) atoms. The highest BCUT2D eigenvalue weighted by atomic mass is 16.1. The van der Waals surface area contributed by atoms with Gasteiger partial charge in [0, 0.05) is 30.1 Å². The average Bonchev–Trinajstić information content (AvgIpc) is 3.13. The van der Waals surface area contributed by atoms with Gasteiger partial charge in [-0.1, -0.05) is 39.0 Å². The van der Waals surface area contributed by atoms with Crippen LogP contribution in [-0.2, 0) is 5.41 Å². The highest BCUT2D eigenvalue weighted by molar-refractivity contribution is 5.94. The van der Waals surface area contributed by atoms with E-state index in [0.717, 1.165) is 43.2 Å². The SMILES string of the molecule is CC(C)(C)c1nnc2ccc(N3CCC(NC(=O)c4ccccc4)CC3)nn12. The first-order valence-electron chi connectivity index (χ1n) is 9.75. The fourth-order valence-corrected chi connectivity index (χ4v) is 3.53. The van der Waals surface area contributed by atoms with Gasteiger partial charge < -0.3 is 10.2 Å². The monoisotopic (exact) mass is 378 g/mol. The van der Waals surface area contributed by atoms with Crippen LogP contribution in [0.15, 0.2) is 42.5 Å².